The summed E-state index contributed by atoms with van der Waals surface area (Å²) in [5.41, 5.74) is 0.641. The van der Waals surface area contributed by atoms with Crippen LogP contribution in [-0.2, 0) is 4.79 Å². The highest BCUT2D eigenvalue weighted by Gasteiger charge is 2.25. The van der Waals surface area contributed by atoms with Crippen LogP contribution in [0.1, 0.15) is 26.2 Å². The van der Waals surface area contributed by atoms with Crippen molar-refractivity contribution in [3.05, 3.63) is 30.1 Å². The molecule has 1 fully saturated rings. The van der Waals surface area contributed by atoms with Crippen molar-refractivity contribution in [2.75, 3.05) is 11.9 Å². The summed E-state index contributed by atoms with van der Waals surface area (Å²) in [5, 5.41) is 6.04. The normalized spacial score (nSPS) is 23.7. The molecule has 18 heavy (non-hydrogen) atoms. The predicted molar refractivity (Wildman–Crippen MR) is 69.8 cm³/mol. The molecule has 1 saturated heterocycles. The predicted octanol–water partition coefficient (Wildman–Crippen LogP) is 2.54. The standard InChI is InChI=1S/C14H19FN2O/c1-2-10-7-8-16-13(9-10)14(18)17-12-5-3-11(15)4-6-12/h3-6,10,13,16H,2,7-9H2,1H3,(H,17,18). The number of benzene rings is 1. The molecule has 1 heterocycles. The van der Waals surface area contributed by atoms with Gasteiger partial charge in [-0.2, -0.15) is 0 Å². The van der Waals surface area contributed by atoms with E-state index in [1.54, 1.807) is 12.1 Å². The molecule has 1 amide bonds. The molecular weight excluding hydrogens is 231 g/mol. The highest BCUT2D eigenvalue weighted by atomic mass is 19.1. The smallest absolute Gasteiger partial charge is 0.241 e. The molecule has 4 heteroatoms. The molecule has 0 spiro atoms. The van der Waals surface area contributed by atoms with Gasteiger partial charge < -0.3 is 10.6 Å². The van der Waals surface area contributed by atoms with Gasteiger partial charge in [-0.15, -0.1) is 0 Å². The molecule has 2 rings (SSSR count). The Bertz CT molecular complexity index is 405. The topological polar surface area (TPSA) is 41.1 Å². The minimum Gasteiger partial charge on any atom is -0.325 e. The molecule has 2 N–H and O–H groups in total. The quantitative estimate of drug-likeness (QED) is 0.865. The van der Waals surface area contributed by atoms with E-state index < -0.39 is 0 Å². The summed E-state index contributed by atoms with van der Waals surface area (Å²) in [6.45, 7) is 3.05. The van der Waals surface area contributed by atoms with Crippen molar-refractivity contribution in [2.24, 2.45) is 5.92 Å². The monoisotopic (exact) mass is 250 g/mol. The van der Waals surface area contributed by atoms with Gasteiger partial charge >= 0.3 is 0 Å². The third-order valence-corrected chi connectivity index (χ3v) is 3.52. The first-order chi connectivity index (χ1) is 8.69. The van der Waals surface area contributed by atoms with Gasteiger partial charge in [0.25, 0.3) is 0 Å². The Morgan fingerprint density at radius 1 is 1.44 bits per heavy atom. The Balaban J connectivity index is 1.93. The van der Waals surface area contributed by atoms with Crippen LogP contribution in [0.2, 0.25) is 0 Å². The molecule has 1 aliphatic rings. The van der Waals surface area contributed by atoms with E-state index in [9.17, 15) is 9.18 Å². The molecule has 0 bridgehead atoms. The van der Waals surface area contributed by atoms with Gasteiger partial charge in [0.05, 0.1) is 6.04 Å². The fourth-order valence-electron chi connectivity index (χ4n) is 2.33. The highest BCUT2D eigenvalue weighted by molar-refractivity contribution is 5.94. The molecule has 1 aromatic carbocycles. The van der Waals surface area contributed by atoms with Crippen molar-refractivity contribution < 1.29 is 9.18 Å². The average Bonchev–Trinajstić information content (AvgIpc) is 2.41. The fraction of sp³-hybridized carbons (Fsp3) is 0.500. The van der Waals surface area contributed by atoms with Crippen LogP contribution >= 0.6 is 0 Å². The number of hydrogen-bond donors (Lipinski definition) is 2. The minimum absolute atomic E-state index is 0.0280. The number of piperidine rings is 1. The molecule has 0 saturated carbocycles. The minimum atomic E-state index is -0.296. The first-order valence-electron chi connectivity index (χ1n) is 6.49. The van der Waals surface area contributed by atoms with Crippen LogP contribution in [0.4, 0.5) is 10.1 Å². The molecule has 0 radical (unpaired) electrons. The number of carbonyl (C=O) groups excluding carboxylic acids is 1. The zero-order chi connectivity index (χ0) is 13.0. The maximum Gasteiger partial charge on any atom is 0.241 e. The van der Waals surface area contributed by atoms with E-state index in [-0.39, 0.29) is 17.8 Å². The van der Waals surface area contributed by atoms with Gasteiger partial charge in [-0.3, -0.25) is 4.79 Å². The van der Waals surface area contributed by atoms with Crippen LogP contribution in [0.25, 0.3) is 0 Å². The lowest BCUT2D eigenvalue weighted by molar-refractivity contribution is -0.119. The van der Waals surface area contributed by atoms with E-state index in [4.69, 9.17) is 0 Å². The molecule has 0 aromatic heterocycles. The van der Waals surface area contributed by atoms with Crippen LogP contribution in [0.5, 0.6) is 0 Å². The number of amides is 1. The lowest BCUT2D eigenvalue weighted by Gasteiger charge is -2.28. The highest BCUT2D eigenvalue weighted by Crippen LogP contribution is 2.20. The van der Waals surface area contributed by atoms with Crippen LogP contribution in [0.15, 0.2) is 24.3 Å². The Hall–Kier alpha value is -1.42. The molecule has 1 aliphatic heterocycles. The van der Waals surface area contributed by atoms with Crippen LogP contribution in [0, 0.1) is 11.7 Å². The lowest BCUT2D eigenvalue weighted by atomic mass is 9.90. The van der Waals surface area contributed by atoms with Crippen molar-refractivity contribution in [2.45, 2.75) is 32.2 Å². The van der Waals surface area contributed by atoms with Crippen molar-refractivity contribution >= 4 is 11.6 Å². The van der Waals surface area contributed by atoms with Gasteiger partial charge in [0, 0.05) is 5.69 Å². The summed E-state index contributed by atoms with van der Waals surface area (Å²) < 4.78 is 12.8. The summed E-state index contributed by atoms with van der Waals surface area (Å²) in [6, 6.07) is 5.71. The second-order valence-corrected chi connectivity index (χ2v) is 4.80. The Labute approximate surface area is 107 Å². The molecule has 98 valence electrons. The number of halogens is 1. The van der Waals surface area contributed by atoms with Crippen molar-refractivity contribution in [1.82, 2.24) is 5.32 Å². The fourth-order valence-corrected chi connectivity index (χ4v) is 2.33. The van der Waals surface area contributed by atoms with E-state index in [0.29, 0.717) is 11.6 Å². The summed E-state index contributed by atoms with van der Waals surface area (Å²) in [5.74, 6) is 0.296. The molecule has 0 aliphatic carbocycles. The van der Waals surface area contributed by atoms with E-state index in [1.807, 2.05) is 0 Å². The average molecular weight is 250 g/mol. The SMILES string of the molecule is CCC1CCNC(C(=O)Nc2ccc(F)cc2)C1. The summed E-state index contributed by atoms with van der Waals surface area (Å²) >= 11 is 0. The maximum atomic E-state index is 12.8. The van der Waals surface area contributed by atoms with E-state index in [0.717, 1.165) is 25.8 Å². The van der Waals surface area contributed by atoms with Crippen molar-refractivity contribution in [3.63, 3.8) is 0 Å². The third kappa shape index (κ3) is 3.29. The third-order valence-electron chi connectivity index (χ3n) is 3.52. The van der Waals surface area contributed by atoms with E-state index in [1.165, 1.54) is 12.1 Å². The molecule has 2 atom stereocenters. The second kappa shape index (κ2) is 5.96. The van der Waals surface area contributed by atoms with Crippen LogP contribution < -0.4 is 10.6 Å². The molecule has 3 nitrogen and oxygen atoms in total. The van der Waals surface area contributed by atoms with Gasteiger partial charge in [0.1, 0.15) is 5.82 Å². The second-order valence-electron chi connectivity index (χ2n) is 4.80. The van der Waals surface area contributed by atoms with Gasteiger partial charge in [-0.1, -0.05) is 13.3 Å². The van der Waals surface area contributed by atoms with Gasteiger partial charge in [-0.05, 0) is 49.6 Å². The summed E-state index contributed by atoms with van der Waals surface area (Å²) in [6.07, 6.45) is 3.13. The van der Waals surface area contributed by atoms with Crippen molar-refractivity contribution in [3.8, 4) is 0 Å². The van der Waals surface area contributed by atoms with E-state index in [2.05, 4.69) is 17.6 Å². The van der Waals surface area contributed by atoms with Crippen molar-refractivity contribution in [1.29, 1.82) is 0 Å². The van der Waals surface area contributed by atoms with Crippen LogP contribution in [0.3, 0.4) is 0 Å². The van der Waals surface area contributed by atoms with Gasteiger partial charge in [0.2, 0.25) is 5.91 Å². The number of anilines is 1. The molecule has 1 aromatic rings. The first kappa shape index (κ1) is 13.0. The zero-order valence-corrected chi connectivity index (χ0v) is 10.6. The number of rotatable bonds is 3. The van der Waals surface area contributed by atoms with E-state index >= 15 is 0 Å². The Kier molecular flexibility index (Phi) is 4.31. The largest absolute Gasteiger partial charge is 0.325 e. The number of hydrogen-bond acceptors (Lipinski definition) is 2. The zero-order valence-electron chi connectivity index (χ0n) is 10.6. The lowest BCUT2D eigenvalue weighted by Crippen LogP contribution is -2.46. The molecular formula is C14H19FN2O. The van der Waals surface area contributed by atoms with Crippen LogP contribution in [-0.4, -0.2) is 18.5 Å². The van der Waals surface area contributed by atoms with Gasteiger partial charge in [0.15, 0.2) is 0 Å². The van der Waals surface area contributed by atoms with Gasteiger partial charge in [-0.25, -0.2) is 4.39 Å². The Morgan fingerprint density at radius 2 is 2.17 bits per heavy atom. The maximum absolute atomic E-state index is 12.8. The number of nitrogens with one attached hydrogen (secondary N) is 2. The first-order valence-corrected chi connectivity index (χ1v) is 6.49. The molecule has 2 unspecified atom stereocenters. The Morgan fingerprint density at radius 3 is 2.83 bits per heavy atom. The number of carbonyl (C=O) groups is 1. The summed E-state index contributed by atoms with van der Waals surface area (Å²) in [7, 11) is 0. The summed E-state index contributed by atoms with van der Waals surface area (Å²) in [4.78, 5) is 12.0.